The molecule has 3 aromatic rings. The molecule has 1 fully saturated rings. The van der Waals surface area contributed by atoms with E-state index in [1.165, 1.54) is 14.8 Å². The average Bonchev–Trinajstić information content (AvgIpc) is 3.47. The molecule has 1 saturated carbocycles. The number of carboxylic acid groups (broad SMARTS) is 1. The fourth-order valence-corrected chi connectivity index (χ4v) is 5.69. The Morgan fingerprint density at radius 3 is 2.83 bits per heavy atom. The Balaban J connectivity index is 1.73. The number of aryl methyl sites for hydroxylation is 1. The van der Waals surface area contributed by atoms with E-state index in [0.29, 0.717) is 5.92 Å². The number of aromatic nitrogens is 1. The summed E-state index contributed by atoms with van der Waals surface area (Å²) in [7, 11) is 0. The number of hydrogen-bond acceptors (Lipinski definition) is 5. The Morgan fingerprint density at radius 2 is 2.10 bits per heavy atom. The van der Waals surface area contributed by atoms with Crippen molar-refractivity contribution in [1.29, 1.82) is 0 Å². The van der Waals surface area contributed by atoms with Crippen LogP contribution in [0.15, 0.2) is 29.2 Å². The van der Waals surface area contributed by atoms with E-state index in [-0.39, 0.29) is 11.6 Å². The molecular weight excluding hydrogens is 386 g/mol. The van der Waals surface area contributed by atoms with Gasteiger partial charge in [0, 0.05) is 35.1 Å². The molecule has 0 amide bonds. The SMILES string of the molecule is Cc1c(-c2cc3c(s2)CCNCC3N)ccn2c(=O)c(C(=O)O)cc(C3CC3)c12. The molecule has 0 spiro atoms. The number of nitrogens with one attached hydrogen (secondary N) is 1. The van der Waals surface area contributed by atoms with E-state index in [2.05, 4.69) is 11.4 Å². The molecule has 1 unspecified atom stereocenters. The predicted octanol–water partition coefficient (Wildman–Crippen LogP) is 3.06. The largest absolute Gasteiger partial charge is 0.477 e. The van der Waals surface area contributed by atoms with Crippen LogP contribution in [-0.2, 0) is 6.42 Å². The Morgan fingerprint density at radius 1 is 1.31 bits per heavy atom. The highest BCUT2D eigenvalue weighted by Gasteiger charge is 2.29. The molecule has 5 rings (SSSR count). The maximum atomic E-state index is 12.8. The molecule has 150 valence electrons. The summed E-state index contributed by atoms with van der Waals surface area (Å²) in [5, 5.41) is 12.8. The number of thiophene rings is 1. The number of nitrogens with two attached hydrogens (primary N) is 1. The van der Waals surface area contributed by atoms with Crippen molar-refractivity contribution in [3.63, 3.8) is 0 Å². The van der Waals surface area contributed by atoms with Crippen molar-refractivity contribution in [1.82, 2.24) is 9.72 Å². The van der Waals surface area contributed by atoms with Gasteiger partial charge in [0.2, 0.25) is 0 Å². The van der Waals surface area contributed by atoms with Crippen LogP contribution in [0, 0.1) is 6.92 Å². The summed E-state index contributed by atoms with van der Waals surface area (Å²) >= 11 is 1.77. The van der Waals surface area contributed by atoms with E-state index in [9.17, 15) is 14.7 Å². The molecule has 0 radical (unpaired) electrons. The smallest absolute Gasteiger partial charge is 0.341 e. The minimum Gasteiger partial charge on any atom is -0.477 e. The molecule has 0 aromatic carbocycles. The lowest BCUT2D eigenvalue weighted by Crippen LogP contribution is -2.25. The zero-order valence-electron chi connectivity index (χ0n) is 16.2. The van der Waals surface area contributed by atoms with Crippen molar-refractivity contribution >= 4 is 22.8 Å². The Bertz CT molecular complexity index is 1210. The first-order valence-corrected chi connectivity index (χ1v) is 10.8. The third kappa shape index (κ3) is 3.01. The molecular formula is C22H23N3O3S. The summed E-state index contributed by atoms with van der Waals surface area (Å²) in [6.07, 6.45) is 4.76. The molecule has 1 aliphatic carbocycles. The van der Waals surface area contributed by atoms with Crippen molar-refractivity contribution in [3.05, 3.63) is 61.9 Å². The lowest BCUT2D eigenvalue weighted by Gasteiger charge is -2.14. The zero-order chi connectivity index (χ0) is 20.3. The van der Waals surface area contributed by atoms with Gasteiger partial charge in [0.25, 0.3) is 5.56 Å². The van der Waals surface area contributed by atoms with E-state index in [0.717, 1.165) is 59.4 Å². The van der Waals surface area contributed by atoms with Crippen LogP contribution in [0.1, 0.15) is 56.7 Å². The van der Waals surface area contributed by atoms with Gasteiger partial charge in [-0.25, -0.2) is 4.79 Å². The van der Waals surface area contributed by atoms with Crippen LogP contribution in [0.4, 0.5) is 0 Å². The van der Waals surface area contributed by atoms with Crippen molar-refractivity contribution in [2.45, 2.75) is 38.1 Å². The second-order valence-corrected chi connectivity index (χ2v) is 9.16. The first kappa shape index (κ1) is 18.5. The number of rotatable bonds is 3. The number of fused-ring (bicyclic) bond motifs is 2. The number of pyridine rings is 2. The van der Waals surface area contributed by atoms with Crippen LogP contribution in [0.5, 0.6) is 0 Å². The molecule has 1 atom stereocenters. The fraction of sp³-hybridized carbons (Fsp3) is 0.364. The van der Waals surface area contributed by atoms with Gasteiger partial charge in [-0.15, -0.1) is 11.3 Å². The van der Waals surface area contributed by atoms with Crippen LogP contribution >= 0.6 is 11.3 Å². The summed E-state index contributed by atoms with van der Waals surface area (Å²) in [6, 6.07) is 5.71. The van der Waals surface area contributed by atoms with Gasteiger partial charge in [-0.1, -0.05) is 0 Å². The van der Waals surface area contributed by atoms with Crippen LogP contribution in [0.3, 0.4) is 0 Å². The van der Waals surface area contributed by atoms with Gasteiger partial charge in [0.1, 0.15) is 5.56 Å². The Kier molecular flexibility index (Phi) is 4.34. The van der Waals surface area contributed by atoms with Crippen molar-refractivity contribution in [2.75, 3.05) is 13.1 Å². The second kappa shape index (κ2) is 6.79. The van der Waals surface area contributed by atoms with Crippen LogP contribution < -0.4 is 16.6 Å². The molecule has 2 aliphatic rings. The highest BCUT2D eigenvalue weighted by molar-refractivity contribution is 7.15. The minimum absolute atomic E-state index is 0.0129. The lowest BCUT2D eigenvalue weighted by atomic mass is 9.99. The predicted molar refractivity (Wildman–Crippen MR) is 114 cm³/mol. The lowest BCUT2D eigenvalue weighted by molar-refractivity contribution is 0.0694. The van der Waals surface area contributed by atoms with Gasteiger partial charge in [-0.2, -0.15) is 0 Å². The monoisotopic (exact) mass is 409 g/mol. The van der Waals surface area contributed by atoms with Crippen LogP contribution in [0.2, 0.25) is 0 Å². The molecule has 6 nitrogen and oxygen atoms in total. The molecule has 0 saturated heterocycles. The summed E-state index contributed by atoms with van der Waals surface area (Å²) in [5.41, 5.74) is 10.9. The van der Waals surface area contributed by atoms with Crippen molar-refractivity contribution < 1.29 is 9.90 Å². The van der Waals surface area contributed by atoms with E-state index in [1.807, 2.05) is 13.0 Å². The number of carboxylic acids is 1. The fourth-order valence-electron chi connectivity index (χ4n) is 4.38. The molecule has 3 aromatic heterocycles. The van der Waals surface area contributed by atoms with Gasteiger partial charge >= 0.3 is 5.97 Å². The summed E-state index contributed by atoms with van der Waals surface area (Å²) in [4.78, 5) is 26.8. The normalized spacial score (nSPS) is 19.2. The zero-order valence-corrected chi connectivity index (χ0v) is 17.0. The number of carbonyl (C=O) groups is 1. The maximum Gasteiger partial charge on any atom is 0.341 e. The topological polar surface area (TPSA) is 96.8 Å². The number of aromatic carboxylic acids is 1. The first-order valence-electron chi connectivity index (χ1n) is 9.97. The number of nitrogens with zero attached hydrogens (tertiary/aromatic N) is 1. The number of hydrogen-bond donors (Lipinski definition) is 3. The highest BCUT2D eigenvalue weighted by Crippen LogP contribution is 2.44. The third-order valence-corrected chi connectivity index (χ3v) is 7.30. The molecule has 4 N–H and O–H groups in total. The first-order chi connectivity index (χ1) is 14.0. The van der Waals surface area contributed by atoms with Crippen molar-refractivity contribution in [2.24, 2.45) is 5.73 Å². The van der Waals surface area contributed by atoms with Crippen molar-refractivity contribution in [3.8, 4) is 10.4 Å². The van der Waals surface area contributed by atoms with Gasteiger partial charge in [0.05, 0.1) is 5.52 Å². The van der Waals surface area contributed by atoms with Crippen LogP contribution in [0.25, 0.3) is 16.0 Å². The molecule has 0 bridgehead atoms. The van der Waals surface area contributed by atoms with Gasteiger partial charge in [-0.3, -0.25) is 9.20 Å². The summed E-state index contributed by atoms with van der Waals surface area (Å²) in [6.45, 7) is 3.73. The van der Waals surface area contributed by atoms with Gasteiger partial charge in [0.15, 0.2) is 0 Å². The second-order valence-electron chi connectivity index (χ2n) is 8.02. The van der Waals surface area contributed by atoms with E-state index in [1.54, 1.807) is 23.6 Å². The molecule has 7 heteroatoms. The van der Waals surface area contributed by atoms with E-state index >= 15 is 0 Å². The quantitative estimate of drug-likeness (QED) is 0.618. The highest BCUT2D eigenvalue weighted by atomic mass is 32.1. The molecule has 4 heterocycles. The van der Waals surface area contributed by atoms with E-state index in [4.69, 9.17) is 5.73 Å². The third-order valence-electron chi connectivity index (χ3n) is 6.06. The Labute approximate surface area is 172 Å². The summed E-state index contributed by atoms with van der Waals surface area (Å²) in [5.74, 6) is -0.838. The molecule has 29 heavy (non-hydrogen) atoms. The van der Waals surface area contributed by atoms with Crippen LogP contribution in [-0.4, -0.2) is 28.6 Å². The average molecular weight is 410 g/mol. The standard InChI is InChI=1S/C22H23N3O3S/c1-11-13(19-9-15-17(23)10-24-6-4-18(15)29-19)5-7-25-20(11)14(12-2-3-12)8-16(21(25)26)22(27)28/h5,7-9,12,17,24H,2-4,6,10,23H2,1H3,(H,27,28). The van der Waals surface area contributed by atoms with E-state index < -0.39 is 11.5 Å². The minimum atomic E-state index is -1.17. The Hall–Kier alpha value is -2.48. The molecule has 1 aliphatic heterocycles. The summed E-state index contributed by atoms with van der Waals surface area (Å²) < 4.78 is 1.52. The van der Waals surface area contributed by atoms with Gasteiger partial charge in [-0.05, 0) is 72.6 Å². The van der Waals surface area contributed by atoms with Gasteiger partial charge < -0.3 is 16.2 Å². The maximum absolute atomic E-state index is 12.8.